The van der Waals surface area contributed by atoms with Gasteiger partial charge in [0.05, 0.1) is 0 Å². The van der Waals surface area contributed by atoms with E-state index < -0.39 is 0 Å². The molecule has 0 radical (unpaired) electrons. The first kappa shape index (κ1) is 25.2. The van der Waals surface area contributed by atoms with Crippen LogP contribution in [-0.4, -0.2) is 0 Å². The summed E-state index contributed by atoms with van der Waals surface area (Å²) in [5.74, 6) is 0.526. The van der Waals surface area contributed by atoms with Gasteiger partial charge in [-0.25, -0.2) is 0 Å². The molecule has 0 heteroatoms. The van der Waals surface area contributed by atoms with Gasteiger partial charge in [0.15, 0.2) is 0 Å². The predicted octanol–water partition coefficient (Wildman–Crippen LogP) is 12.6. The molecule has 0 bridgehead atoms. The molecule has 0 nitrogen and oxygen atoms in total. The number of rotatable bonds is 2. The molecule has 0 saturated heterocycles. The maximum Gasteiger partial charge on any atom is 0.0365 e. The highest BCUT2D eigenvalue weighted by atomic mass is 14.4. The summed E-state index contributed by atoms with van der Waals surface area (Å²) in [7, 11) is 0. The summed E-state index contributed by atoms with van der Waals surface area (Å²) >= 11 is 0. The van der Waals surface area contributed by atoms with Crippen molar-refractivity contribution in [1.82, 2.24) is 0 Å². The molecule has 48 heavy (non-hydrogen) atoms. The van der Waals surface area contributed by atoms with Gasteiger partial charge in [-0.15, -0.1) is 0 Å². The molecule has 2 atom stereocenters. The van der Waals surface area contributed by atoms with Crippen LogP contribution in [0.25, 0.3) is 76.5 Å². The van der Waals surface area contributed by atoms with Crippen LogP contribution < -0.4 is 0 Å². The van der Waals surface area contributed by atoms with Gasteiger partial charge in [0, 0.05) is 11.8 Å². The Morgan fingerprint density at radius 3 is 1.77 bits per heavy atom. The fraction of sp³-hybridized carbons (Fsp3) is 0.0417. The van der Waals surface area contributed by atoms with E-state index in [0.29, 0.717) is 0 Å². The lowest BCUT2D eigenvalue weighted by atomic mass is 9.85. The van der Waals surface area contributed by atoms with E-state index in [1.54, 1.807) is 0 Å². The van der Waals surface area contributed by atoms with Crippen LogP contribution in [0.3, 0.4) is 0 Å². The fourth-order valence-electron chi connectivity index (χ4n) is 9.91. The van der Waals surface area contributed by atoms with E-state index in [4.69, 9.17) is 0 Å². The quantitative estimate of drug-likeness (QED) is 0.172. The molecule has 0 fully saturated rings. The van der Waals surface area contributed by atoms with Crippen molar-refractivity contribution in [2.24, 2.45) is 0 Å². The van der Waals surface area contributed by atoms with Crippen LogP contribution in [0.15, 0.2) is 158 Å². The van der Waals surface area contributed by atoms with Gasteiger partial charge in [0.2, 0.25) is 0 Å². The summed E-state index contributed by atoms with van der Waals surface area (Å²) in [6, 6.07) is 59.7. The summed E-state index contributed by atoms with van der Waals surface area (Å²) in [6.45, 7) is 0. The van der Waals surface area contributed by atoms with Crippen LogP contribution in [0.4, 0.5) is 0 Å². The molecule has 3 aliphatic rings. The lowest BCUT2D eigenvalue weighted by molar-refractivity contribution is 1.02. The minimum absolute atomic E-state index is 0.257. The maximum absolute atomic E-state index is 2.56. The van der Waals surface area contributed by atoms with Crippen molar-refractivity contribution in [3.05, 3.63) is 191 Å². The van der Waals surface area contributed by atoms with Crippen molar-refractivity contribution >= 4 is 43.1 Å². The van der Waals surface area contributed by atoms with Gasteiger partial charge in [-0.1, -0.05) is 146 Å². The summed E-state index contributed by atoms with van der Waals surface area (Å²) in [4.78, 5) is 0. The number of fused-ring (bicyclic) bond motifs is 12. The van der Waals surface area contributed by atoms with Gasteiger partial charge in [-0.2, -0.15) is 0 Å². The lowest BCUT2D eigenvalue weighted by Crippen LogP contribution is -1.98. The minimum atomic E-state index is 0.257. The normalized spacial score (nSPS) is 16.3. The smallest absolute Gasteiger partial charge is 0.0365 e. The molecule has 0 heterocycles. The van der Waals surface area contributed by atoms with Crippen LogP contribution in [0.2, 0.25) is 0 Å². The van der Waals surface area contributed by atoms with Crippen molar-refractivity contribution in [2.45, 2.75) is 11.8 Å². The number of hydrogen-bond acceptors (Lipinski definition) is 0. The van der Waals surface area contributed by atoms with Gasteiger partial charge in [-0.05, 0) is 122 Å². The molecular weight excluding hydrogens is 577 g/mol. The summed E-state index contributed by atoms with van der Waals surface area (Å²) in [5.41, 5.74) is 16.7. The second-order valence-electron chi connectivity index (χ2n) is 13.9. The average Bonchev–Trinajstić information content (AvgIpc) is 3.79. The molecule has 2 unspecified atom stereocenters. The summed E-state index contributed by atoms with van der Waals surface area (Å²) in [5, 5.41) is 11.1. The van der Waals surface area contributed by atoms with Crippen molar-refractivity contribution in [2.75, 3.05) is 0 Å². The Hall–Kier alpha value is -5.98. The Balaban J connectivity index is 1.17. The molecule has 12 rings (SSSR count). The van der Waals surface area contributed by atoms with Gasteiger partial charge in [0.1, 0.15) is 0 Å². The summed E-state index contributed by atoms with van der Waals surface area (Å²) < 4.78 is 0. The Morgan fingerprint density at radius 2 is 0.917 bits per heavy atom. The highest BCUT2D eigenvalue weighted by Crippen LogP contribution is 2.60. The average molecular weight is 605 g/mol. The standard InChI is InChI=1S/C48H28/c1-2-11-27(12-3-1)43-33-16-7-6-15-32(33)40-25-28(21-22-39(40)43)29-19-10-20-36-41(29)26-42-45-35-18-9-5-14-31(35)37-23-24-38-30-13-4-8-17-34(30)44(36)48(42)47(38)46(37)45/h1-26,43,45H. The minimum Gasteiger partial charge on any atom is -0.0622 e. The van der Waals surface area contributed by atoms with Crippen molar-refractivity contribution in [3.63, 3.8) is 0 Å². The van der Waals surface area contributed by atoms with E-state index >= 15 is 0 Å². The Morgan fingerprint density at radius 1 is 0.292 bits per heavy atom. The van der Waals surface area contributed by atoms with Crippen LogP contribution in [0, 0.1) is 0 Å². The Bertz CT molecular complexity index is 2890. The molecule has 0 saturated carbocycles. The van der Waals surface area contributed by atoms with E-state index in [1.807, 2.05) is 0 Å². The topological polar surface area (TPSA) is 0 Å². The van der Waals surface area contributed by atoms with E-state index in [-0.39, 0.29) is 11.8 Å². The molecule has 0 aliphatic heterocycles. The van der Waals surface area contributed by atoms with Crippen LogP contribution in [0.5, 0.6) is 0 Å². The van der Waals surface area contributed by atoms with Crippen LogP contribution in [-0.2, 0) is 0 Å². The number of hydrogen-bond donors (Lipinski definition) is 0. The lowest BCUT2D eigenvalue weighted by Gasteiger charge is -2.18. The monoisotopic (exact) mass is 604 g/mol. The third-order valence-electron chi connectivity index (χ3n) is 11.7. The molecule has 3 aliphatic carbocycles. The highest BCUT2D eigenvalue weighted by molar-refractivity contribution is 6.36. The second kappa shape index (κ2) is 8.88. The molecule has 0 N–H and O–H groups in total. The fourth-order valence-corrected chi connectivity index (χ4v) is 9.91. The molecule has 9 aromatic carbocycles. The van der Waals surface area contributed by atoms with Crippen molar-refractivity contribution in [1.29, 1.82) is 0 Å². The second-order valence-corrected chi connectivity index (χ2v) is 13.9. The Kier molecular flexibility index (Phi) is 4.65. The van der Waals surface area contributed by atoms with Crippen molar-refractivity contribution in [3.8, 4) is 33.4 Å². The van der Waals surface area contributed by atoms with E-state index in [0.717, 1.165) is 0 Å². The molecule has 0 aromatic heterocycles. The van der Waals surface area contributed by atoms with Crippen LogP contribution >= 0.6 is 0 Å². The van der Waals surface area contributed by atoms with Gasteiger partial charge in [0.25, 0.3) is 0 Å². The SMILES string of the molecule is c1ccc(C2c3ccccc3-c3cc(-c4cccc5c4cc4c6c7c8c(ccc7c7ccccc7c56)-c5ccccc5C84)ccc32)cc1. The highest BCUT2D eigenvalue weighted by Gasteiger charge is 2.39. The van der Waals surface area contributed by atoms with E-state index in [1.165, 1.54) is 110 Å². The Labute approximate surface area is 278 Å². The van der Waals surface area contributed by atoms with E-state index in [2.05, 4.69) is 158 Å². The molecule has 0 spiro atoms. The van der Waals surface area contributed by atoms with Gasteiger partial charge in [-0.3, -0.25) is 0 Å². The van der Waals surface area contributed by atoms with Crippen LogP contribution in [0.1, 0.15) is 45.2 Å². The number of benzene rings is 9. The third-order valence-corrected chi connectivity index (χ3v) is 11.7. The molecule has 9 aromatic rings. The van der Waals surface area contributed by atoms with Gasteiger partial charge < -0.3 is 0 Å². The first-order valence-corrected chi connectivity index (χ1v) is 17.1. The molecule has 0 amide bonds. The first-order chi connectivity index (χ1) is 23.8. The molecular formula is C48H28. The largest absolute Gasteiger partial charge is 0.0622 e. The zero-order valence-corrected chi connectivity index (χ0v) is 26.2. The predicted molar refractivity (Wildman–Crippen MR) is 201 cm³/mol. The third kappa shape index (κ3) is 2.98. The first-order valence-electron chi connectivity index (χ1n) is 17.1. The zero-order chi connectivity index (χ0) is 31.1. The van der Waals surface area contributed by atoms with Gasteiger partial charge >= 0.3 is 0 Å². The van der Waals surface area contributed by atoms with E-state index in [9.17, 15) is 0 Å². The molecule has 220 valence electrons. The van der Waals surface area contributed by atoms with Crippen molar-refractivity contribution < 1.29 is 0 Å². The summed E-state index contributed by atoms with van der Waals surface area (Å²) in [6.07, 6.45) is 0. The maximum atomic E-state index is 2.56. The zero-order valence-electron chi connectivity index (χ0n) is 26.2.